The lowest BCUT2D eigenvalue weighted by molar-refractivity contribution is -0.158. The normalized spacial score (nSPS) is 29.3. The van der Waals surface area contributed by atoms with Gasteiger partial charge in [0.05, 0.1) is 24.2 Å². The number of rotatable bonds is 8. The topological polar surface area (TPSA) is 86.7 Å². The molecular weight excluding hydrogens is 348 g/mol. The van der Waals surface area contributed by atoms with E-state index in [-0.39, 0.29) is 6.42 Å². The first-order valence-electron chi connectivity index (χ1n) is 9.94. The van der Waals surface area contributed by atoms with E-state index in [2.05, 4.69) is 39.4 Å². The summed E-state index contributed by atoms with van der Waals surface area (Å²) in [5.74, 6) is -4.04. The van der Waals surface area contributed by atoms with Gasteiger partial charge >= 0.3 is 23.9 Å². The highest BCUT2D eigenvalue weighted by molar-refractivity contribution is 6.03. The Morgan fingerprint density at radius 3 is 2.00 bits per heavy atom. The fourth-order valence-electron chi connectivity index (χ4n) is 5.35. The Morgan fingerprint density at radius 2 is 1.52 bits per heavy atom. The molecule has 6 heteroatoms. The van der Waals surface area contributed by atoms with Gasteiger partial charge in [-0.2, -0.15) is 0 Å². The summed E-state index contributed by atoms with van der Waals surface area (Å²) in [6.07, 6.45) is 2.33. The van der Waals surface area contributed by atoms with Crippen molar-refractivity contribution in [2.75, 3.05) is 0 Å². The molecule has 5 unspecified atom stereocenters. The van der Waals surface area contributed by atoms with Crippen molar-refractivity contribution in [3.8, 4) is 0 Å². The highest BCUT2D eigenvalue weighted by atomic mass is 16.6. The molecule has 2 aliphatic rings. The highest BCUT2D eigenvalue weighted by Gasteiger charge is 2.59. The number of carbonyl (C=O) groups is 4. The van der Waals surface area contributed by atoms with Gasteiger partial charge in [0.1, 0.15) is 0 Å². The van der Waals surface area contributed by atoms with Gasteiger partial charge in [-0.3, -0.25) is 19.2 Å². The predicted molar refractivity (Wildman–Crippen MR) is 98.1 cm³/mol. The molecule has 2 fully saturated rings. The predicted octanol–water partition coefficient (Wildman–Crippen LogP) is 3.52. The first-order valence-corrected chi connectivity index (χ1v) is 9.94. The number of hydrogen-bond acceptors (Lipinski definition) is 6. The van der Waals surface area contributed by atoms with Crippen LogP contribution in [-0.2, 0) is 28.7 Å². The standard InChI is InChI=1S/C21H32O6/c1-11(2)7-13(5)10-21(6,9-12(3)4)17-16(19(24)27-20(17)25)14-8-15(22)26-18(14)23/h11-14,16-17H,7-10H2,1-6H3. The van der Waals surface area contributed by atoms with E-state index in [1.807, 2.05) is 6.92 Å². The maximum absolute atomic E-state index is 12.7. The lowest BCUT2D eigenvalue weighted by Gasteiger charge is -2.40. The van der Waals surface area contributed by atoms with Crippen LogP contribution in [0.2, 0.25) is 0 Å². The summed E-state index contributed by atoms with van der Waals surface area (Å²) in [7, 11) is 0. The van der Waals surface area contributed by atoms with Gasteiger partial charge in [0.2, 0.25) is 0 Å². The third-order valence-corrected chi connectivity index (χ3v) is 5.74. The van der Waals surface area contributed by atoms with Gasteiger partial charge in [-0.1, -0.05) is 41.5 Å². The van der Waals surface area contributed by atoms with E-state index >= 15 is 0 Å². The third kappa shape index (κ3) is 4.77. The molecule has 0 N–H and O–H groups in total. The van der Waals surface area contributed by atoms with E-state index in [1.165, 1.54) is 0 Å². The van der Waals surface area contributed by atoms with E-state index < -0.39 is 47.0 Å². The first kappa shape index (κ1) is 21.6. The minimum Gasteiger partial charge on any atom is -0.393 e. The molecule has 152 valence electrons. The SMILES string of the molecule is CC(C)CC(C)CC(C)(CC(C)C)C1C(=O)OC(=O)C1C1CC(=O)OC1=O. The van der Waals surface area contributed by atoms with Crippen LogP contribution in [0.1, 0.15) is 67.2 Å². The molecule has 2 heterocycles. The van der Waals surface area contributed by atoms with Crippen molar-refractivity contribution < 1.29 is 28.7 Å². The molecular formula is C21H32O6. The van der Waals surface area contributed by atoms with Gasteiger partial charge in [-0.15, -0.1) is 0 Å². The molecule has 27 heavy (non-hydrogen) atoms. The Kier molecular flexibility index (Phi) is 6.48. The Bertz CT molecular complexity index is 622. The van der Waals surface area contributed by atoms with Crippen molar-refractivity contribution in [1.82, 2.24) is 0 Å². The van der Waals surface area contributed by atoms with Crippen LogP contribution < -0.4 is 0 Å². The Hall–Kier alpha value is -1.72. The molecule has 6 nitrogen and oxygen atoms in total. The molecule has 0 saturated carbocycles. The van der Waals surface area contributed by atoms with E-state index in [0.717, 1.165) is 19.3 Å². The van der Waals surface area contributed by atoms with Gasteiger partial charge < -0.3 is 9.47 Å². The molecule has 0 aliphatic carbocycles. The number of cyclic esters (lactones) is 4. The fraction of sp³-hybridized carbons (Fsp3) is 0.810. The largest absolute Gasteiger partial charge is 0.393 e. The number of carbonyl (C=O) groups excluding carboxylic acids is 4. The Balaban J connectivity index is 2.37. The van der Waals surface area contributed by atoms with Crippen molar-refractivity contribution in [3.05, 3.63) is 0 Å². The summed E-state index contributed by atoms with van der Waals surface area (Å²) < 4.78 is 9.62. The summed E-state index contributed by atoms with van der Waals surface area (Å²) in [5, 5.41) is 0. The van der Waals surface area contributed by atoms with Crippen LogP contribution in [0.5, 0.6) is 0 Å². The van der Waals surface area contributed by atoms with Crippen molar-refractivity contribution in [2.24, 2.45) is 40.9 Å². The number of esters is 4. The Labute approximate surface area is 161 Å². The fourth-order valence-corrected chi connectivity index (χ4v) is 5.35. The first-order chi connectivity index (χ1) is 12.4. The Morgan fingerprint density at radius 1 is 0.889 bits per heavy atom. The van der Waals surface area contributed by atoms with Crippen molar-refractivity contribution in [1.29, 1.82) is 0 Å². The third-order valence-electron chi connectivity index (χ3n) is 5.74. The molecule has 0 spiro atoms. The summed E-state index contributed by atoms with van der Waals surface area (Å²) in [6.45, 7) is 12.7. The monoisotopic (exact) mass is 380 g/mol. The molecule has 0 radical (unpaired) electrons. The van der Waals surface area contributed by atoms with Gasteiger partial charge in [0.15, 0.2) is 0 Å². The van der Waals surface area contributed by atoms with Crippen molar-refractivity contribution in [3.63, 3.8) is 0 Å². The lowest BCUT2D eigenvalue weighted by Crippen LogP contribution is -2.41. The molecule has 0 aromatic rings. The average molecular weight is 380 g/mol. The van der Waals surface area contributed by atoms with E-state index in [9.17, 15) is 19.2 Å². The zero-order valence-electron chi connectivity index (χ0n) is 17.2. The number of hydrogen-bond donors (Lipinski definition) is 0. The van der Waals surface area contributed by atoms with Gasteiger partial charge in [-0.05, 0) is 42.4 Å². The van der Waals surface area contributed by atoms with E-state index in [4.69, 9.17) is 4.74 Å². The molecule has 0 aromatic heterocycles. The lowest BCUT2D eigenvalue weighted by atomic mass is 9.61. The molecule has 2 aliphatic heterocycles. The van der Waals surface area contributed by atoms with Gasteiger partial charge in [-0.25, -0.2) is 0 Å². The second-order valence-electron chi connectivity index (χ2n) is 9.54. The summed E-state index contributed by atoms with van der Waals surface area (Å²) in [4.78, 5) is 48.8. The molecule has 5 atom stereocenters. The van der Waals surface area contributed by atoms with Crippen molar-refractivity contribution >= 4 is 23.9 Å². The van der Waals surface area contributed by atoms with Gasteiger partial charge in [0.25, 0.3) is 0 Å². The van der Waals surface area contributed by atoms with Crippen LogP contribution in [0.4, 0.5) is 0 Å². The average Bonchev–Trinajstić information content (AvgIpc) is 2.94. The van der Waals surface area contributed by atoms with E-state index in [1.54, 1.807) is 0 Å². The van der Waals surface area contributed by atoms with Crippen LogP contribution in [0, 0.1) is 40.9 Å². The van der Waals surface area contributed by atoms with Crippen LogP contribution in [-0.4, -0.2) is 23.9 Å². The van der Waals surface area contributed by atoms with Crippen LogP contribution in [0.25, 0.3) is 0 Å². The molecule has 0 bridgehead atoms. The summed E-state index contributed by atoms with van der Waals surface area (Å²) in [5.41, 5.74) is -0.498. The molecule has 0 aromatic carbocycles. The maximum atomic E-state index is 12.7. The molecule has 0 amide bonds. The summed E-state index contributed by atoms with van der Waals surface area (Å²) in [6, 6.07) is 0. The summed E-state index contributed by atoms with van der Waals surface area (Å²) >= 11 is 0. The quantitative estimate of drug-likeness (QED) is 0.473. The van der Waals surface area contributed by atoms with Crippen LogP contribution >= 0.6 is 0 Å². The van der Waals surface area contributed by atoms with Crippen LogP contribution in [0.3, 0.4) is 0 Å². The molecule has 2 saturated heterocycles. The second-order valence-corrected chi connectivity index (χ2v) is 9.54. The zero-order valence-corrected chi connectivity index (χ0v) is 17.2. The maximum Gasteiger partial charge on any atom is 0.318 e. The van der Waals surface area contributed by atoms with Crippen molar-refractivity contribution in [2.45, 2.75) is 67.2 Å². The highest BCUT2D eigenvalue weighted by Crippen LogP contribution is 2.51. The zero-order chi connectivity index (χ0) is 20.5. The van der Waals surface area contributed by atoms with E-state index in [0.29, 0.717) is 17.8 Å². The van der Waals surface area contributed by atoms with Gasteiger partial charge in [0, 0.05) is 0 Å². The minimum absolute atomic E-state index is 0.165. The minimum atomic E-state index is -0.938. The number of ether oxygens (including phenoxy) is 2. The smallest absolute Gasteiger partial charge is 0.318 e. The molecule has 2 rings (SSSR count). The van der Waals surface area contributed by atoms with Crippen LogP contribution in [0.15, 0.2) is 0 Å². The second kappa shape index (κ2) is 8.11.